The van der Waals surface area contributed by atoms with Crippen molar-refractivity contribution < 1.29 is 19.4 Å². The number of carboxylic acids is 1. The van der Waals surface area contributed by atoms with Crippen LogP contribution in [0.1, 0.15) is 46.0 Å². The van der Waals surface area contributed by atoms with Gasteiger partial charge in [-0.15, -0.1) is 0 Å². The molecule has 16 heavy (non-hydrogen) atoms. The average molecular weight is 228 g/mol. The van der Waals surface area contributed by atoms with Crippen LogP contribution >= 0.6 is 0 Å². The van der Waals surface area contributed by atoms with Gasteiger partial charge in [0.15, 0.2) is 0 Å². The van der Waals surface area contributed by atoms with Crippen molar-refractivity contribution in [1.82, 2.24) is 0 Å². The minimum absolute atomic E-state index is 0.107. The lowest BCUT2D eigenvalue weighted by Gasteiger charge is -2.01. The molecule has 0 saturated heterocycles. The van der Waals surface area contributed by atoms with Crippen LogP contribution in [-0.2, 0) is 14.3 Å². The number of rotatable bonds is 8. The Kier molecular flexibility index (Phi) is 8.21. The molecule has 0 spiro atoms. The number of aliphatic carboxylic acids is 1. The van der Waals surface area contributed by atoms with E-state index >= 15 is 0 Å². The SMILES string of the molecule is CCC(C)C=COC(=O)CCCCC(=O)O. The smallest absolute Gasteiger partial charge is 0.310 e. The summed E-state index contributed by atoms with van der Waals surface area (Å²) in [5, 5.41) is 8.38. The monoisotopic (exact) mass is 228 g/mol. The maximum Gasteiger partial charge on any atom is 0.310 e. The Balaban J connectivity index is 3.52. The van der Waals surface area contributed by atoms with E-state index in [9.17, 15) is 9.59 Å². The molecule has 0 aliphatic rings. The Morgan fingerprint density at radius 1 is 1.31 bits per heavy atom. The lowest BCUT2D eigenvalue weighted by molar-refractivity contribution is -0.139. The number of esters is 1. The van der Waals surface area contributed by atoms with Crippen LogP contribution in [0.5, 0.6) is 0 Å². The number of unbranched alkanes of at least 4 members (excludes halogenated alkanes) is 1. The Hall–Kier alpha value is -1.32. The zero-order chi connectivity index (χ0) is 12.4. The van der Waals surface area contributed by atoms with Gasteiger partial charge in [-0.3, -0.25) is 9.59 Å². The maximum absolute atomic E-state index is 11.1. The van der Waals surface area contributed by atoms with Crippen LogP contribution < -0.4 is 0 Å². The molecule has 92 valence electrons. The molecule has 0 bridgehead atoms. The molecular formula is C12H20O4. The second kappa shape index (κ2) is 8.95. The summed E-state index contributed by atoms with van der Waals surface area (Å²) in [6, 6.07) is 0. The van der Waals surface area contributed by atoms with E-state index in [4.69, 9.17) is 9.84 Å². The van der Waals surface area contributed by atoms with Crippen molar-refractivity contribution in [2.45, 2.75) is 46.0 Å². The van der Waals surface area contributed by atoms with Gasteiger partial charge in [0.2, 0.25) is 0 Å². The molecule has 4 heteroatoms. The Bertz CT molecular complexity index is 245. The van der Waals surface area contributed by atoms with Gasteiger partial charge in [0.05, 0.1) is 6.26 Å². The van der Waals surface area contributed by atoms with Crippen molar-refractivity contribution in [1.29, 1.82) is 0 Å². The molecule has 0 aromatic heterocycles. The number of ether oxygens (including phenoxy) is 1. The standard InChI is InChI=1S/C12H20O4/c1-3-10(2)8-9-16-12(15)7-5-4-6-11(13)14/h8-10H,3-7H2,1-2H3,(H,13,14). The Morgan fingerprint density at radius 2 is 1.94 bits per heavy atom. The quantitative estimate of drug-likeness (QED) is 0.394. The molecule has 1 N–H and O–H groups in total. The van der Waals surface area contributed by atoms with E-state index in [1.54, 1.807) is 0 Å². The molecule has 0 aromatic rings. The normalized spacial score (nSPS) is 12.6. The molecule has 0 aromatic carbocycles. The van der Waals surface area contributed by atoms with Crippen molar-refractivity contribution in [2.75, 3.05) is 0 Å². The molecule has 0 fully saturated rings. The molecule has 1 atom stereocenters. The van der Waals surface area contributed by atoms with E-state index < -0.39 is 5.97 Å². The summed E-state index contributed by atoms with van der Waals surface area (Å²) < 4.78 is 4.85. The van der Waals surface area contributed by atoms with Gasteiger partial charge in [-0.25, -0.2) is 0 Å². The molecule has 0 aliphatic heterocycles. The second-order valence-corrected chi connectivity index (χ2v) is 3.80. The highest BCUT2D eigenvalue weighted by Crippen LogP contribution is 2.04. The molecule has 0 aliphatic carbocycles. The number of carbonyl (C=O) groups is 2. The van der Waals surface area contributed by atoms with Gasteiger partial charge < -0.3 is 9.84 Å². The van der Waals surface area contributed by atoms with Gasteiger partial charge in [0.25, 0.3) is 0 Å². The third-order valence-electron chi connectivity index (χ3n) is 2.27. The van der Waals surface area contributed by atoms with E-state index in [1.807, 2.05) is 13.0 Å². The van der Waals surface area contributed by atoms with Gasteiger partial charge in [-0.05, 0) is 31.3 Å². The number of hydrogen-bond donors (Lipinski definition) is 1. The minimum Gasteiger partial charge on any atom is -0.481 e. The average Bonchev–Trinajstić information content (AvgIpc) is 2.24. The van der Waals surface area contributed by atoms with Crippen LogP contribution in [0.3, 0.4) is 0 Å². The van der Waals surface area contributed by atoms with Gasteiger partial charge >= 0.3 is 11.9 Å². The minimum atomic E-state index is -0.829. The molecule has 0 saturated carbocycles. The highest BCUT2D eigenvalue weighted by atomic mass is 16.5. The van der Waals surface area contributed by atoms with Crippen LogP contribution in [0.4, 0.5) is 0 Å². The first-order chi connectivity index (χ1) is 7.56. The first-order valence-electron chi connectivity index (χ1n) is 5.64. The van der Waals surface area contributed by atoms with Crippen molar-refractivity contribution in [3.63, 3.8) is 0 Å². The van der Waals surface area contributed by atoms with Crippen LogP contribution in [0.15, 0.2) is 12.3 Å². The topological polar surface area (TPSA) is 63.6 Å². The van der Waals surface area contributed by atoms with Crippen molar-refractivity contribution in [3.05, 3.63) is 12.3 Å². The second-order valence-electron chi connectivity index (χ2n) is 3.80. The molecule has 0 rings (SSSR count). The van der Waals surface area contributed by atoms with Gasteiger partial charge in [-0.2, -0.15) is 0 Å². The van der Waals surface area contributed by atoms with Crippen LogP contribution in [0, 0.1) is 5.92 Å². The van der Waals surface area contributed by atoms with Crippen LogP contribution in [0.2, 0.25) is 0 Å². The van der Waals surface area contributed by atoms with E-state index in [2.05, 4.69) is 6.92 Å². The fraction of sp³-hybridized carbons (Fsp3) is 0.667. The van der Waals surface area contributed by atoms with Crippen molar-refractivity contribution in [3.8, 4) is 0 Å². The number of allylic oxidation sites excluding steroid dienone is 1. The predicted octanol–water partition coefficient (Wildman–Crippen LogP) is 2.73. The summed E-state index contributed by atoms with van der Waals surface area (Å²) in [5.41, 5.74) is 0. The summed E-state index contributed by atoms with van der Waals surface area (Å²) in [6.07, 6.45) is 5.73. The van der Waals surface area contributed by atoms with E-state index in [-0.39, 0.29) is 18.8 Å². The lowest BCUT2D eigenvalue weighted by atomic mass is 10.1. The van der Waals surface area contributed by atoms with Gasteiger partial charge in [0, 0.05) is 12.8 Å². The van der Waals surface area contributed by atoms with E-state index in [0.717, 1.165) is 6.42 Å². The number of hydrogen-bond acceptors (Lipinski definition) is 3. The molecule has 0 amide bonds. The van der Waals surface area contributed by atoms with Gasteiger partial charge in [-0.1, -0.05) is 13.8 Å². The largest absolute Gasteiger partial charge is 0.481 e. The summed E-state index contributed by atoms with van der Waals surface area (Å²) in [7, 11) is 0. The zero-order valence-corrected chi connectivity index (χ0v) is 9.94. The first kappa shape index (κ1) is 14.7. The molecule has 0 heterocycles. The molecule has 0 radical (unpaired) electrons. The molecule has 4 nitrogen and oxygen atoms in total. The Labute approximate surface area is 96.3 Å². The third kappa shape index (κ3) is 9.24. The Morgan fingerprint density at radius 3 is 2.50 bits per heavy atom. The highest BCUT2D eigenvalue weighted by molar-refractivity contribution is 5.70. The molecule has 1 unspecified atom stereocenters. The van der Waals surface area contributed by atoms with Crippen molar-refractivity contribution in [2.24, 2.45) is 5.92 Å². The molecular weight excluding hydrogens is 208 g/mol. The summed E-state index contributed by atoms with van der Waals surface area (Å²) in [5.74, 6) is -0.727. The maximum atomic E-state index is 11.1. The van der Waals surface area contributed by atoms with Gasteiger partial charge in [0.1, 0.15) is 0 Å². The fourth-order valence-electron chi connectivity index (χ4n) is 0.990. The van der Waals surface area contributed by atoms with Crippen molar-refractivity contribution >= 4 is 11.9 Å². The number of carboxylic acid groups (broad SMARTS) is 1. The lowest BCUT2D eigenvalue weighted by Crippen LogP contribution is -2.01. The fourth-order valence-corrected chi connectivity index (χ4v) is 0.990. The zero-order valence-electron chi connectivity index (χ0n) is 9.94. The van der Waals surface area contributed by atoms with E-state index in [1.165, 1.54) is 6.26 Å². The number of carbonyl (C=O) groups excluding carboxylic acids is 1. The third-order valence-corrected chi connectivity index (χ3v) is 2.27. The summed E-state index contributed by atoms with van der Waals surface area (Å²) in [6.45, 7) is 4.10. The predicted molar refractivity (Wildman–Crippen MR) is 60.8 cm³/mol. The van der Waals surface area contributed by atoms with E-state index in [0.29, 0.717) is 18.8 Å². The highest BCUT2D eigenvalue weighted by Gasteiger charge is 2.02. The summed E-state index contributed by atoms with van der Waals surface area (Å²) in [4.78, 5) is 21.3. The summed E-state index contributed by atoms with van der Waals surface area (Å²) >= 11 is 0. The van der Waals surface area contributed by atoms with Crippen LogP contribution in [0.25, 0.3) is 0 Å². The first-order valence-corrected chi connectivity index (χ1v) is 5.64. The van der Waals surface area contributed by atoms with Crippen LogP contribution in [-0.4, -0.2) is 17.0 Å².